The van der Waals surface area contributed by atoms with Crippen LogP contribution in [0.5, 0.6) is 0 Å². The fraction of sp³-hybridized carbons (Fsp3) is 0.0714. The van der Waals surface area contributed by atoms with Gasteiger partial charge in [-0.15, -0.1) is 0 Å². The van der Waals surface area contributed by atoms with Crippen LogP contribution in [0.1, 0.15) is 0 Å². The summed E-state index contributed by atoms with van der Waals surface area (Å²) in [4.78, 5) is 14.8. The molecular formula is C14H11ClN4O2. The molecular weight excluding hydrogens is 292 g/mol. The van der Waals surface area contributed by atoms with Crippen LogP contribution in [0.15, 0.2) is 36.4 Å². The molecule has 0 saturated heterocycles. The second-order valence-electron chi connectivity index (χ2n) is 4.66. The number of nitrogens with two attached hydrogens (primary N) is 1. The maximum Gasteiger partial charge on any atom is 0.271 e. The Morgan fingerprint density at radius 2 is 2.05 bits per heavy atom. The average Bonchev–Trinajstić information content (AvgIpc) is 2.76. The highest BCUT2D eigenvalue weighted by molar-refractivity contribution is 6.31. The number of imidazole rings is 1. The van der Waals surface area contributed by atoms with Crippen molar-refractivity contribution in [3.8, 4) is 11.4 Å². The van der Waals surface area contributed by atoms with E-state index in [1.165, 1.54) is 12.1 Å². The Hall–Kier alpha value is -2.60. The number of hydrogen-bond donors (Lipinski definition) is 1. The Morgan fingerprint density at radius 3 is 2.71 bits per heavy atom. The van der Waals surface area contributed by atoms with Crippen molar-refractivity contribution in [3.63, 3.8) is 0 Å². The Labute approximate surface area is 124 Å². The van der Waals surface area contributed by atoms with Crippen LogP contribution >= 0.6 is 11.6 Å². The maximum absolute atomic E-state index is 10.8. The molecule has 0 aliphatic rings. The molecule has 7 heteroatoms. The van der Waals surface area contributed by atoms with Gasteiger partial charge in [0.1, 0.15) is 5.82 Å². The molecule has 21 heavy (non-hydrogen) atoms. The van der Waals surface area contributed by atoms with Gasteiger partial charge in [0.15, 0.2) is 0 Å². The van der Waals surface area contributed by atoms with Gasteiger partial charge in [0.2, 0.25) is 0 Å². The lowest BCUT2D eigenvalue weighted by Gasteiger charge is -2.05. The van der Waals surface area contributed by atoms with Crippen LogP contribution < -0.4 is 5.73 Å². The Balaban J connectivity index is 2.21. The van der Waals surface area contributed by atoms with E-state index in [9.17, 15) is 10.1 Å². The van der Waals surface area contributed by atoms with E-state index in [-0.39, 0.29) is 5.69 Å². The summed E-state index contributed by atoms with van der Waals surface area (Å²) in [5, 5.41) is 11.4. The third kappa shape index (κ3) is 2.19. The van der Waals surface area contributed by atoms with Crippen LogP contribution in [0.4, 0.5) is 11.4 Å². The molecule has 0 unspecified atom stereocenters. The molecule has 0 bridgehead atoms. The number of fused-ring (bicyclic) bond motifs is 1. The maximum atomic E-state index is 10.8. The number of nitrogens with zero attached hydrogens (tertiary/aromatic N) is 3. The number of aryl methyl sites for hydroxylation is 1. The van der Waals surface area contributed by atoms with E-state index in [1.54, 1.807) is 12.1 Å². The summed E-state index contributed by atoms with van der Waals surface area (Å²) in [6, 6.07) is 9.76. The molecule has 106 valence electrons. The number of halogens is 1. The molecule has 0 fully saturated rings. The summed E-state index contributed by atoms with van der Waals surface area (Å²) >= 11 is 5.99. The lowest BCUT2D eigenvalue weighted by molar-refractivity contribution is -0.384. The number of benzene rings is 2. The summed E-state index contributed by atoms with van der Waals surface area (Å²) in [5.74, 6) is 0.639. The number of non-ortho nitro benzene ring substituents is 1. The second-order valence-corrected chi connectivity index (χ2v) is 5.09. The number of anilines is 1. The number of nitro benzene ring substituents is 1. The van der Waals surface area contributed by atoms with E-state index in [4.69, 9.17) is 17.3 Å². The molecule has 2 N–H and O–H groups in total. The van der Waals surface area contributed by atoms with Crippen LogP contribution in [0.2, 0.25) is 5.02 Å². The SMILES string of the molecule is Cn1c(-c2ccc([N+](=O)[O-])cc2N)nc2ccc(Cl)cc21. The van der Waals surface area contributed by atoms with Crippen molar-refractivity contribution >= 4 is 34.0 Å². The standard InChI is InChI=1S/C14H11ClN4O2/c1-18-13-6-8(15)2-5-12(13)17-14(18)10-4-3-9(19(20)21)7-11(10)16/h2-7H,16H2,1H3. The lowest BCUT2D eigenvalue weighted by Crippen LogP contribution is -1.98. The monoisotopic (exact) mass is 302 g/mol. The van der Waals surface area contributed by atoms with Gasteiger partial charge < -0.3 is 10.3 Å². The van der Waals surface area contributed by atoms with E-state index in [0.717, 1.165) is 11.0 Å². The summed E-state index contributed by atoms with van der Waals surface area (Å²) in [6.07, 6.45) is 0. The number of aromatic nitrogens is 2. The molecule has 2 aromatic carbocycles. The van der Waals surface area contributed by atoms with Crippen molar-refractivity contribution in [1.82, 2.24) is 9.55 Å². The van der Waals surface area contributed by atoms with Crippen molar-refractivity contribution < 1.29 is 4.92 Å². The fourth-order valence-electron chi connectivity index (χ4n) is 2.27. The predicted octanol–water partition coefficient (Wildman–Crippen LogP) is 3.38. The first-order chi connectivity index (χ1) is 9.97. The van der Waals surface area contributed by atoms with Crippen LogP contribution in [0.3, 0.4) is 0 Å². The van der Waals surface area contributed by atoms with Crippen molar-refractivity contribution in [2.75, 3.05) is 5.73 Å². The normalized spacial score (nSPS) is 11.0. The quantitative estimate of drug-likeness (QED) is 0.446. The molecule has 1 aromatic heterocycles. The van der Waals surface area contributed by atoms with Crippen molar-refractivity contribution in [2.45, 2.75) is 0 Å². The van der Waals surface area contributed by atoms with Gasteiger partial charge in [0, 0.05) is 35.5 Å². The molecule has 0 radical (unpaired) electrons. The highest BCUT2D eigenvalue weighted by atomic mass is 35.5. The van der Waals surface area contributed by atoms with Gasteiger partial charge in [0.05, 0.1) is 16.0 Å². The zero-order valence-corrected chi connectivity index (χ0v) is 11.8. The Kier molecular flexibility index (Phi) is 3.03. The highest BCUT2D eigenvalue weighted by Gasteiger charge is 2.15. The average molecular weight is 303 g/mol. The van der Waals surface area contributed by atoms with E-state index in [1.807, 2.05) is 23.7 Å². The van der Waals surface area contributed by atoms with E-state index in [0.29, 0.717) is 22.1 Å². The van der Waals surface area contributed by atoms with Crippen LogP contribution in [-0.4, -0.2) is 14.5 Å². The number of hydrogen-bond acceptors (Lipinski definition) is 4. The molecule has 0 saturated carbocycles. The molecule has 3 rings (SSSR count). The number of rotatable bonds is 2. The van der Waals surface area contributed by atoms with E-state index in [2.05, 4.69) is 4.98 Å². The van der Waals surface area contributed by atoms with Gasteiger partial charge in [-0.2, -0.15) is 0 Å². The Morgan fingerprint density at radius 1 is 1.29 bits per heavy atom. The largest absolute Gasteiger partial charge is 0.398 e. The summed E-state index contributed by atoms with van der Waals surface area (Å²) in [5.41, 5.74) is 8.50. The van der Waals surface area contributed by atoms with Gasteiger partial charge in [-0.25, -0.2) is 4.98 Å². The van der Waals surface area contributed by atoms with E-state index < -0.39 is 4.92 Å². The molecule has 0 amide bonds. The van der Waals surface area contributed by atoms with Crippen LogP contribution in [-0.2, 0) is 7.05 Å². The summed E-state index contributed by atoms with van der Waals surface area (Å²) in [7, 11) is 1.85. The molecule has 0 atom stereocenters. The molecule has 6 nitrogen and oxygen atoms in total. The van der Waals surface area contributed by atoms with Crippen LogP contribution in [0, 0.1) is 10.1 Å². The lowest BCUT2D eigenvalue weighted by atomic mass is 10.1. The van der Waals surface area contributed by atoms with Crippen molar-refractivity contribution in [1.29, 1.82) is 0 Å². The predicted molar refractivity (Wildman–Crippen MR) is 82.2 cm³/mol. The smallest absolute Gasteiger partial charge is 0.271 e. The Bertz CT molecular complexity index is 873. The first-order valence-electron chi connectivity index (χ1n) is 6.13. The van der Waals surface area contributed by atoms with Gasteiger partial charge in [0.25, 0.3) is 5.69 Å². The second kappa shape index (κ2) is 4.75. The van der Waals surface area contributed by atoms with Crippen molar-refractivity contribution in [3.05, 3.63) is 51.5 Å². The number of nitrogen functional groups attached to an aromatic ring is 1. The minimum absolute atomic E-state index is 0.0435. The van der Waals surface area contributed by atoms with Gasteiger partial charge in [-0.3, -0.25) is 10.1 Å². The molecule has 0 aliphatic heterocycles. The first kappa shape index (κ1) is 13.4. The first-order valence-corrected chi connectivity index (χ1v) is 6.51. The molecule has 0 aliphatic carbocycles. The molecule has 1 heterocycles. The highest BCUT2D eigenvalue weighted by Crippen LogP contribution is 2.31. The van der Waals surface area contributed by atoms with Gasteiger partial charge in [-0.05, 0) is 24.3 Å². The van der Waals surface area contributed by atoms with Gasteiger partial charge >= 0.3 is 0 Å². The molecule has 0 spiro atoms. The topological polar surface area (TPSA) is 87.0 Å². The summed E-state index contributed by atoms with van der Waals surface area (Å²) in [6.45, 7) is 0. The van der Waals surface area contributed by atoms with Crippen LogP contribution in [0.25, 0.3) is 22.4 Å². The number of nitro groups is 1. The van der Waals surface area contributed by atoms with Gasteiger partial charge in [-0.1, -0.05) is 11.6 Å². The minimum atomic E-state index is -0.477. The zero-order chi connectivity index (χ0) is 15.1. The fourth-order valence-corrected chi connectivity index (χ4v) is 2.44. The molecule has 3 aromatic rings. The zero-order valence-electron chi connectivity index (χ0n) is 11.1. The van der Waals surface area contributed by atoms with E-state index >= 15 is 0 Å². The third-order valence-electron chi connectivity index (χ3n) is 3.33. The van der Waals surface area contributed by atoms with Crippen molar-refractivity contribution in [2.24, 2.45) is 7.05 Å². The minimum Gasteiger partial charge on any atom is -0.398 e. The third-order valence-corrected chi connectivity index (χ3v) is 3.56. The summed E-state index contributed by atoms with van der Waals surface area (Å²) < 4.78 is 1.86.